The zero-order valence-corrected chi connectivity index (χ0v) is 12.3. The van der Waals surface area contributed by atoms with Crippen LogP contribution in [0.5, 0.6) is 5.75 Å². The maximum absolute atomic E-state index is 12.1. The number of amides is 1. The van der Waals surface area contributed by atoms with Crippen molar-refractivity contribution in [1.82, 2.24) is 19.2 Å². The smallest absolute Gasteiger partial charge is 0.298 e. The van der Waals surface area contributed by atoms with E-state index in [4.69, 9.17) is 4.84 Å². The largest absolute Gasteiger partial charge is 0.366 e. The minimum atomic E-state index is -0.396. The van der Waals surface area contributed by atoms with E-state index in [-0.39, 0.29) is 0 Å². The summed E-state index contributed by atoms with van der Waals surface area (Å²) < 4.78 is 2.60. The molecule has 0 aliphatic rings. The SMILES string of the molecule is O=C(c1cccnc1)N(S)Oc1ccc(-n2cccn2)cc1. The van der Waals surface area contributed by atoms with Gasteiger partial charge in [-0.1, -0.05) is 0 Å². The lowest BCUT2D eigenvalue weighted by atomic mass is 10.3. The Morgan fingerprint density at radius 2 is 1.95 bits per heavy atom. The average molecular weight is 312 g/mol. The Morgan fingerprint density at radius 3 is 2.59 bits per heavy atom. The van der Waals surface area contributed by atoms with E-state index >= 15 is 0 Å². The second-order valence-electron chi connectivity index (χ2n) is 4.36. The molecule has 110 valence electrons. The van der Waals surface area contributed by atoms with Gasteiger partial charge in [0.05, 0.1) is 11.3 Å². The van der Waals surface area contributed by atoms with Gasteiger partial charge < -0.3 is 4.84 Å². The van der Waals surface area contributed by atoms with Crippen molar-refractivity contribution < 1.29 is 9.63 Å². The molecule has 0 saturated carbocycles. The van der Waals surface area contributed by atoms with Gasteiger partial charge >= 0.3 is 0 Å². The summed E-state index contributed by atoms with van der Waals surface area (Å²) in [6.45, 7) is 0. The van der Waals surface area contributed by atoms with Crippen molar-refractivity contribution in [3.05, 3.63) is 72.8 Å². The average Bonchev–Trinajstić information content (AvgIpc) is 3.10. The van der Waals surface area contributed by atoms with Gasteiger partial charge in [-0.3, -0.25) is 9.78 Å². The van der Waals surface area contributed by atoms with Gasteiger partial charge in [0, 0.05) is 24.8 Å². The molecular weight excluding hydrogens is 300 g/mol. The minimum absolute atomic E-state index is 0.394. The molecule has 0 aliphatic carbocycles. The fourth-order valence-electron chi connectivity index (χ4n) is 1.82. The Bertz CT molecular complexity index is 745. The molecular formula is C15H12N4O2S. The maximum atomic E-state index is 12.1. The van der Waals surface area contributed by atoms with Crippen molar-refractivity contribution in [2.45, 2.75) is 0 Å². The van der Waals surface area contributed by atoms with Crippen LogP contribution in [0.2, 0.25) is 0 Å². The first-order valence-corrected chi connectivity index (χ1v) is 6.85. The predicted molar refractivity (Wildman–Crippen MR) is 83.6 cm³/mol. The molecule has 0 saturated heterocycles. The Labute approximate surface area is 132 Å². The molecule has 1 aromatic carbocycles. The van der Waals surface area contributed by atoms with E-state index in [1.165, 1.54) is 6.20 Å². The van der Waals surface area contributed by atoms with Gasteiger partial charge in [-0.05, 0) is 55.3 Å². The van der Waals surface area contributed by atoms with Crippen molar-refractivity contribution in [1.29, 1.82) is 0 Å². The van der Waals surface area contributed by atoms with Crippen molar-refractivity contribution in [3.8, 4) is 11.4 Å². The number of carbonyl (C=O) groups is 1. The van der Waals surface area contributed by atoms with E-state index < -0.39 is 5.91 Å². The molecule has 0 spiro atoms. The Morgan fingerprint density at radius 1 is 1.14 bits per heavy atom. The topological polar surface area (TPSA) is 60.3 Å². The van der Waals surface area contributed by atoms with Gasteiger partial charge in [-0.2, -0.15) is 5.10 Å². The first kappa shape index (κ1) is 14.2. The number of benzene rings is 1. The summed E-state index contributed by atoms with van der Waals surface area (Å²) in [5.41, 5.74) is 1.28. The zero-order valence-electron chi connectivity index (χ0n) is 11.4. The highest BCUT2D eigenvalue weighted by molar-refractivity contribution is 7.78. The maximum Gasteiger partial charge on any atom is 0.298 e. The van der Waals surface area contributed by atoms with E-state index in [0.29, 0.717) is 11.3 Å². The third-order valence-corrected chi connectivity index (χ3v) is 3.14. The molecule has 0 radical (unpaired) electrons. The van der Waals surface area contributed by atoms with Crippen molar-refractivity contribution in [3.63, 3.8) is 0 Å². The molecule has 22 heavy (non-hydrogen) atoms. The summed E-state index contributed by atoms with van der Waals surface area (Å²) >= 11 is 4.05. The van der Waals surface area contributed by atoms with E-state index in [1.54, 1.807) is 41.3 Å². The molecule has 3 aromatic rings. The van der Waals surface area contributed by atoms with Crippen LogP contribution >= 0.6 is 12.8 Å². The van der Waals surface area contributed by atoms with E-state index in [9.17, 15) is 4.79 Å². The summed E-state index contributed by atoms with van der Waals surface area (Å²) in [5, 5.41) is 4.13. The predicted octanol–water partition coefficient (Wildman–Crippen LogP) is 2.55. The van der Waals surface area contributed by atoms with Gasteiger partial charge in [0.15, 0.2) is 5.75 Å². The number of pyridine rings is 1. The highest BCUT2D eigenvalue weighted by atomic mass is 32.1. The van der Waals surface area contributed by atoms with Gasteiger partial charge in [0.2, 0.25) is 0 Å². The third kappa shape index (κ3) is 3.09. The van der Waals surface area contributed by atoms with Crippen LogP contribution in [0, 0.1) is 0 Å². The molecule has 0 fully saturated rings. The second-order valence-corrected chi connectivity index (χ2v) is 4.72. The fraction of sp³-hybridized carbons (Fsp3) is 0. The summed E-state index contributed by atoms with van der Waals surface area (Å²) in [5.74, 6) is 0.0933. The summed E-state index contributed by atoms with van der Waals surface area (Å²) in [4.78, 5) is 21.4. The molecule has 0 N–H and O–H groups in total. The van der Waals surface area contributed by atoms with Gasteiger partial charge in [0.25, 0.3) is 5.91 Å². The summed E-state index contributed by atoms with van der Waals surface area (Å²) in [6.07, 6.45) is 6.59. The van der Waals surface area contributed by atoms with Crippen LogP contribution in [0.1, 0.15) is 10.4 Å². The number of thiol groups is 1. The van der Waals surface area contributed by atoms with Gasteiger partial charge in [-0.25, -0.2) is 4.68 Å². The number of hydroxylamine groups is 1. The number of carbonyl (C=O) groups excluding carboxylic acids is 1. The molecule has 0 aliphatic heterocycles. The van der Waals surface area contributed by atoms with Crippen LogP contribution in [0.15, 0.2) is 67.3 Å². The molecule has 7 heteroatoms. The lowest BCUT2D eigenvalue weighted by molar-refractivity contribution is 0.0334. The number of aromatic nitrogens is 3. The Kier molecular flexibility index (Phi) is 4.06. The normalized spacial score (nSPS) is 10.2. The molecule has 0 unspecified atom stereocenters. The van der Waals surface area contributed by atoms with Crippen molar-refractivity contribution in [2.75, 3.05) is 0 Å². The monoisotopic (exact) mass is 312 g/mol. The van der Waals surface area contributed by atoms with Crippen molar-refractivity contribution >= 4 is 18.7 Å². The first-order chi connectivity index (χ1) is 10.7. The zero-order chi connectivity index (χ0) is 15.4. The molecule has 6 nitrogen and oxygen atoms in total. The van der Waals surface area contributed by atoms with Crippen LogP contribution in [0.4, 0.5) is 0 Å². The minimum Gasteiger partial charge on any atom is -0.366 e. The Balaban J connectivity index is 1.69. The first-order valence-electron chi connectivity index (χ1n) is 6.45. The second kappa shape index (κ2) is 6.31. The molecule has 1 amide bonds. The molecule has 2 heterocycles. The quantitative estimate of drug-likeness (QED) is 0.594. The Hall–Kier alpha value is -2.80. The van der Waals surface area contributed by atoms with Crippen LogP contribution in [-0.4, -0.2) is 25.1 Å². The molecule has 0 atom stereocenters. The van der Waals surface area contributed by atoms with Gasteiger partial charge in [0.1, 0.15) is 0 Å². The molecule has 2 aromatic heterocycles. The number of hydrogen-bond donors (Lipinski definition) is 1. The third-order valence-electron chi connectivity index (χ3n) is 2.88. The van der Waals surface area contributed by atoms with Crippen LogP contribution in [-0.2, 0) is 0 Å². The van der Waals surface area contributed by atoms with Crippen molar-refractivity contribution in [2.24, 2.45) is 0 Å². The van der Waals surface area contributed by atoms with Crippen LogP contribution in [0.25, 0.3) is 5.69 Å². The van der Waals surface area contributed by atoms with Crippen LogP contribution in [0.3, 0.4) is 0 Å². The highest BCUT2D eigenvalue weighted by Gasteiger charge is 2.14. The number of hydrogen-bond acceptors (Lipinski definition) is 5. The van der Waals surface area contributed by atoms with E-state index in [1.807, 2.05) is 24.4 Å². The highest BCUT2D eigenvalue weighted by Crippen LogP contribution is 2.17. The molecule has 0 bridgehead atoms. The summed E-state index contributed by atoms with van der Waals surface area (Å²) in [6, 6.07) is 12.3. The number of nitrogens with zero attached hydrogens (tertiary/aromatic N) is 4. The lowest BCUT2D eigenvalue weighted by Gasteiger charge is -2.16. The van der Waals surface area contributed by atoms with Crippen LogP contribution < -0.4 is 4.84 Å². The fourth-order valence-corrected chi connectivity index (χ4v) is 2.03. The number of rotatable bonds is 4. The standard InChI is InChI=1S/C15H12N4O2S/c20-15(12-3-1-8-16-11-12)19(22)21-14-6-4-13(5-7-14)18-10-2-9-17-18/h1-11,22H. The lowest BCUT2D eigenvalue weighted by Crippen LogP contribution is -2.25. The molecule has 3 rings (SSSR count). The van der Waals surface area contributed by atoms with E-state index in [2.05, 4.69) is 22.9 Å². The van der Waals surface area contributed by atoms with Gasteiger partial charge in [-0.15, -0.1) is 4.47 Å². The van der Waals surface area contributed by atoms with E-state index in [0.717, 1.165) is 10.2 Å². The summed E-state index contributed by atoms with van der Waals surface area (Å²) in [7, 11) is 0.